The van der Waals surface area contributed by atoms with Crippen LogP contribution in [0.1, 0.15) is 65.8 Å². The van der Waals surface area contributed by atoms with Crippen LogP contribution in [0.5, 0.6) is 5.75 Å². The zero-order valence-electron chi connectivity index (χ0n) is 22.3. The summed E-state index contributed by atoms with van der Waals surface area (Å²) in [6.07, 6.45) is 4.41. The Bertz CT molecular complexity index is 1460. The normalized spacial score (nSPS) is 15.7. The predicted octanol–water partition coefficient (Wildman–Crippen LogP) is 5.61. The number of aromatic carboxylic acids is 1. The van der Waals surface area contributed by atoms with Crippen LogP contribution in [0.4, 0.5) is 5.69 Å². The molecule has 0 radical (unpaired) electrons. The van der Waals surface area contributed by atoms with Crippen molar-refractivity contribution in [2.75, 3.05) is 19.0 Å². The molecule has 1 amide bonds. The van der Waals surface area contributed by atoms with Crippen molar-refractivity contribution in [3.8, 4) is 16.9 Å². The Morgan fingerprint density at radius 2 is 1.88 bits per heavy atom. The molecule has 1 saturated heterocycles. The van der Waals surface area contributed by atoms with Gasteiger partial charge in [0.05, 0.1) is 25.0 Å². The number of carbonyl (C=O) groups excluding carboxylic acids is 2. The number of nitrogens with zero attached hydrogens (tertiary/aromatic N) is 1. The van der Waals surface area contributed by atoms with Gasteiger partial charge in [0.25, 0.3) is 5.56 Å². The third-order valence-corrected chi connectivity index (χ3v) is 7.19. The molecule has 210 valence electrons. The fraction of sp³-hybridized carbons (Fsp3) is 0.333. The standard InChI is InChI=1S/C30H31ClN2O7/c1-3-26(34)22-12-9-19(31)14-23(22)24-16-28(35)33(17-27(24)39-2)25(15-21-6-4-5-13-40-21)29(36)32-20-10-7-18(8-11-20)30(37)38/h7-12,14,16-17,21,25H,3-6,13,15H2,1-2H3,(H,32,36)(H,37,38). The second-order valence-electron chi connectivity index (χ2n) is 9.58. The maximum Gasteiger partial charge on any atom is 0.335 e. The van der Waals surface area contributed by atoms with Crippen LogP contribution in [0.15, 0.2) is 59.5 Å². The summed E-state index contributed by atoms with van der Waals surface area (Å²) in [5.74, 6) is -1.36. The number of Topliss-reactive ketones (excluding diaryl/α,β-unsaturated/α-hetero) is 1. The van der Waals surface area contributed by atoms with E-state index < -0.39 is 23.5 Å². The molecule has 1 fully saturated rings. The number of benzene rings is 2. The molecule has 10 heteroatoms. The molecule has 4 rings (SSSR count). The Labute approximate surface area is 236 Å². The van der Waals surface area contributed by atoms with Crippen molar-refractivity contribution in [1.29, 1.82) is 0 Å². The van der Waals surface area contributed by atoms with Gasteiger partial charge in [0, 0.05) is 47.4 Å². The minimum Gasteiger partial charge on any atom is -0.495 e. The second kappa shape index (κ2) is 12.9. The third kappa shape index (κ3) is 6.60. The van der Waals surface area contributed by atoms with Gasteiger partial charge in [-0.05, 0) is 67.3 Å². The van der Waals surface area contributed by atoms with Crippen molar-refractivity contribution in [2.45, 2.75) is 51.2 Å². The van der Waals surface area contributed by atoms with E-state index >= 15 is 0 Å². The molecule has 0 bridgehead atoms. The number of hydrogen-bond donors (Lipinski definition) is 2. The number of ether oxygens (including phenoxy) is 2. The number of carboxylic acids is 1. The zero-order valence-corrected chi connectivity index (χ0v) is 23.1. The zero-order chi connectivity index (χ0) is 28.8. The molecule has 1 aromatic heterocycles. The van der Waals surface area contributed by atoms with E-state index in [0.29, 0.717) is 39.8 Å². The molecule has 2 N–H and O–H groups in total. The highest BCUT2D eigenvalue weighted by atomic mass is 35.5. The van der Waals surface area contributed by atoms with E-state index in [1.54, 1.807) is 25.1 Å². The first-order valence-corrected chi connectivity index (χ1v) is 13.5. The number of pyridine rings is 1. The highest BCUT2D eigenvalue weighted by Crippen LogP contribution is 2.35. The van der Waals surface area contributed by atoms with E-state index in [0.717, 1.165) is 19.3 Å². The van der Waals surface area contributed by atoms with Gasteiger partial charge < -0.3 is 19.9 Å². The molecule has 1 aliphatic heterocycles. The summed E-state index contributed by atoms with van der Waals surface area (Å²) >= 11 is 6.25. The summed E-state index contributed by atoms with van der Waals surface area (Å²) in [6, 6.07) is 11.0. The van der Waals surface area contributed by atoms with Gasteiger partial charge in [-0.15, -0.1) is 0 Å². The van der Waals surface area contributed by atoms with Crippen molar-refractivity contribution in [1.82, 2.24) is 4.57 Å². The number of amides is 1. The Hall–Kier alpha value is -3.95. The van der Waals surface area contributed by atoms with Crippen LogP contribution in [0.25, 0.3) is 11.1 Å². The Kier molecular flexibility index (Phi) is 9.39. The molecule has 2 atom stereocenters. The molecule has 3 aromatic rings. The lowest BCUT2D eigenvalue weighted by atomic mass is 9.95. The largest absolute Gasteiger partial charge is 0.495 e. The van der Waals surface area contributed by atoms with E-state index in [9.17, 15) is 19.2 Å². The van der Waals surface area contributed by atoms with Gasteiger partial charge in [-0.2, -0.15) is 0 Å². The molecular formula is C30H31ClN2O7. The monoisotopic (exact) mass is 566 g/mol. The summed E-state index contributed by atoms with van der Waals surface area (Å²) in [5.41, 5.74) is 1.28. The van der Waals surface area contributed by atoms with Crippen LogP contribution in [0, 0.1) is 0 Å². The first kappa shape index (κ1) is 29.0. The molecule has 0 spiro atoms. The van der Waals surface area contributed by atoms with Crippen molar-refractivity contribution < 1.29 is 29.0 Å². The fourth-order valence-corrected chi connectivity index (χ4v) is 5.00. The first-order valence-electron chi connectivity index (χ1n) is 13.1. The lowest BCUT2D eigenvalue weighted by molar-refractivity contribution is -0.121. The van der Waals surface area contributed by atoms with E-state index in [2.05, 4.69) is 5.32 Å². The van der Waals surface area contributed by atoms with Gasteiger partial charge >= 0.3 is 5.97 Å². The van der Waals surface area contributed by atoms with Crippen LogP contribution in [0.3, 0.4) is 0 Å². The smallest absolute Gasteiger partial charge is 0.335 e. The summed E-state index contributed by atoms with van der Waals surface area (Å²) in [4.78, 5) is 51.0. The quantitative estimate of drug-likeness (QED) is 0.306. The molecule has 0 aliphatic carbocycles. The molecule has 1 aliphatic rings. The van der Waals surface area contributed by atoms with Crippen molar-refractivity contribution >= 4 is 34.9 Å². The fourth-order valence-electron chi connectivity index (χ4n) is 4.83. The lowest BCUT2D eigenvalue weighted by Gasteiger charge is -2.28. The number of anilines is 1. The maximum atomic E-state index is 13.6. The Morgan fingerprint density at radius 3 is 2.50 bits per heavy atom. The number of methoxy groups -OCH3 is 1. The second-order valence-corrected chi connectivity index (χ2v) is 10.0. The average Bonchev–Trinajstić information content (AvgIpc) is 2.96. The van der Waals surface area contributed by atoms with Gasteiger partial charge in [0.1, 0.15) is 11.8 Å². The number of nitrogens with one attached hydrogen (secondary N) is 1. The number of hydrogen-bond acceptors (Lipinski definition) is 6. The van der Waals surface area contributed by atoms with Crippen LogP contribution in [0.2, 0.25) is 5.02 Å². The van der Waals surface area contributed by atoms with Crippen LogP contribution in [-0.2, 0) is 9.53 Å². The van der Waals surface area contributed by atoms with Gasteiger partial charge in [-0.3, -0.25) is 19.0 Å². The number of aromatic nitrogens is 1. The van der Waals surface area contributed by atoms with E-state index in [-0.39, 0.29) is 30.3 Å². The lowest BCUT2D eigenvalue weighted by Crippen LogP contribution is -2.36. The van der Waals surface area contributed by atoms with Crippen LogP contribution in [-0.4, -0.2) is 47.2 Å². The van der Waals surface area contributed by atoms with Crippen molar-refractivity contribution in [3.05, 3.63) is 81.2 Å². The predicted molar refractivity (Wildman–Crippen MR) is 152 cm³/mol. The summed E-state index contributed by atoms with van der Waals surface area (Å²) in [5, 5.41) is 12.4. The topological polar surface area (TPSA) is 124 Å². The molecule has 9 nitrogen and oxygen atoms in total. The van der Waals surface area contributed by atoms with E-state index in [1.165, 1.54) is 48.2 Å². The van der Waals surface area contributed by atoms with E-state index in [1.807, 2.05) is 0 Å². The Morgan fingerprint density at radius 1 is 1.12 bits per heavy atom. The molecule has 2 heterocycles. The first-order chi connectivity index (χ1) is 19.2. The minimum atomic E-state index is -1.08. The summed E-state index contributed by atoms with van der Waals surface area (Å²) < 4.78 is 12.8. The molecule has 2 unspecified atom stereocenters. The van der Waals surface area contributed by atoms with Gasteiger partial charge in [0.15, 0.2) is 5.78 Å². The highest BCUT2D eigenvalue weighted by Gasteiger charge is 2.29. The molecule has 40 heavy (non-hydrogen) atoms. The number of ketones is 1. The van der Waals surface area contributed by atoms with Gasteiger partial charge in [-0.25, -0.2) is 4.79 Å². The van der Waals surface area contributed by atoms with Crippen molar-refractivity contribution in [3.63, 3.8) is 0 Å². The van der Waals surface area contributed by atoms with Crippen LogP contribution >= 0.6 is 11.6 Å². The van der Waals surface area contributed by atoms with Gasteiger partial charge in [-0.1, -0.05) is 18.5 Å². The number of rotatable bonds is 10. The third-order valence-electron chi connectivity index (χ3n) is 6.96. The molecule has 0 saturated carbocycles. The molecular weight excluding hydrogens is 536 g/mol. The number of carboxylic acid groups (broad SMARTS) is 1. The van der Waals surface area contributed by atoms with Gasteiger partial charge in [0.2, 0.25) is 5.91 Å². The SMILES string of the molecule is CCC(=O)c1ccc(Cl)cc1-c1cc(=O)n(C(CC2CCCCO2)C(=O)Nc2ccc(C(=O)O)cc2)cc1OC. The summed E-state index contributed by atoms with van der Waals surface area (Å²) in [6.45, 7) is 2.33. The maximum absolute atomic E-state index is 13.6. The summed E-state index contributed by atoms with van der Waals surface area (Å²) in [7, 11) is 1.45. The number of carbonyl (C=O) groups is 3. The van der Waals surface area contributed by atoms with E-state index in [4.69, 9.17) is 26.2 Å². The highest BCUT2D eigenvalue weighted by molar-refractivity contribution is 6.31. The van der Waals surface area contributed by atoms with Crippen LogP contribution < -0.4 is 15.6 Å². The molecule has 2 aromatic carbocycles. The average molecular weight is 567 g/mol. The Balaban J connectivity index is 1.75. The minimum absolute atomic E-state index is 0.0867. The number of halogens is 1. The van der Waals surface area contributed by atoms with Crippen molar-refractivity contribution in [2.24, 2.45) is 0 Å².